The van der Waals surface area contributed by atoms with Gasteiger partial charge in [-0.1, -0.05) is 6.08 Å². The van der Waals surface area contributed by atoms with Gasteiger partial charge in [-0.25, -0.2) is 0 Å². The minimum atomic E-state index is -4.39. The Bertz CT molecular complexity index is 303. The second-order valence-electron chi connectivity index (χ2n) is 2.50. The third-order valence-electron chi connectivity index (χ3n) is 1.53. The number of hydrogen-bond donors (Lipinski definition) is 1. The van der Waals surface area contributed by atoms with E-state index in [2.05, 4.69) is 11.0 Å². The van der Waals surface area contributed by atoms with Gasteiger partial charge in [-0.05, 0) is 6.07 Å². The summed E-state index contributed by atoms with van der Waals surface area (Å²) in [7, 11) is 0. The van der Waals surface area contributed by atoms with Crippen molar-refractivity contribution in [3.05, 3.63) is 36.3 Å². The van der Waals surface area contributed by atoms with E-state index in [0.717, 1.165) is 6.07 Å². The molecule has 0 saturated carbocycles. The van der Waals surface area contributed by atoms with Crippen LogP contribution in [0.2, 0.25) is 0 Å². The van der Waals surface area contributed by atoms with E-state index in [4.69, 9.17) is 5.73 Å². The number of rotatable bonds is 2. The molecule has 5 heteroatoms. The SMILES string of the molecule is C=CC(N)c1cc(C(F)(F)F)co1. The van der Waals surface area contributed by atoms with Gasteiger partial charge in [-0.3, -0.25) is 0 Å². The van der Waals surface area contributed by atoms with Crippen molar-refractivity contribution in [1.29, 1.82) is 0 Å². The lowest BCUT2D eigenvalue weighted by atomic mass is 10.2. The van der Waals surface area contributed by atoms with E-state index in [1.54, 1.807) is 0 Å². The Labute approximate surface area is 72.8 Å². The molecule has 13 heavy (non-hydrogen) atoms. The number of alkyl halides is 3. The molecule has 0 saturated heterocycles. The maximum atomic E-state index is 12.0. The fourth-order valence-corrected chi connectivity index (χ4v) is 0.792. The second kappa shape index (κ2) is 3.26. The summed E-state index contributed by atoms with van der Waals surface area (Å²) in [5.74, 6) is 0.0577. The lowest BCUT2D eigenvalue weighted by Gasteiger charge is -2.00. The van der Waals surface area contributed by atoms with Crippen molar-refractivity contribution in [3.8, 4) is 0 Å². The molecule has 1 aromatic heterocycles. The van der Waals surface area contributed by atoms with Crippen molar-refractivity contribution in [1.82, 2.24) is 0 Å². The molecule has 0 aliphatic rings. The minimum Gasteiger partial charge on any atom is -0.467 e. The predicted octanol–water partition coefficient (Wildman–Crippen LogP) is 2.48. The molecule has 0 aromatic carbocycles. The zero-order valence-corrected chi connectivity index (χ0v) is 6.64. The van der Waals surface area contributed by atoms with E-state index in [9.17, 15) is 13.2 Å². The smallest absolute Gasteiger partial charge is 0.419 e. The third-order valence-corrected chi connectivity index (χ3v) is 1.53. The Hall–Kier alpha value is -1.23. The van der Waals surface area contributed by atoms with Gasteiger partial charge in [0.2, 0.25) is 0 Å². The van der Waals surface area contributed by atoms with Crippen LogP contribution in [0.4, 0.5) is 13.2 Å². The van der Waals surface area contributed by atoms with Crippen molar-refractivity contribution < 1.29 is 17.6 Å². The van der Waals surface area contributed by atoms with Gasteiger partial charge in [0, 0.05) is 0 Å². The lowest BCUT2D eigenvalue weighted by molar-refractivity contribution is -0.137. The molecule has 0 aliphatic carbocycles. The first-order chi connectivity index (χ1) is 5.95. The molecule has 0 aliphatic heterocycles. The molecule has 0 amide bonds. The first kappa shape index (κ1) is 9.85. The molecule has 0 spiro atoms. The standard InChI is InChI=1S/C8H8F3NO/c1-2-6(12)7-3-5(4-13-7)8(9,10)11/h2-4,6H,1,12H2. The largest absolute Gasteiger partial charge is 0.467 e. The summed E-state index contributed by atoms with van der Waals surface area (Å²) >= 11 is 0. The van der Waals surface area contributed by atoms with Crippen LogP contribution < -0.4 is 5.73 Å². The molecule has 0 bridgehead atoms. The summed E-state index contributed by atoms with van der Waals surface area (Å²) in [6.07, 6.45) is -2.44. The first-order valence-corrected chi connectivity index (χ1v) is 3.49. The highest BCUT2D eigenvalue weighted by Gasteiger charge is 2.32. The van der Waals surface area contributed by atoms with Gasteiger partial charge in [-0.15, -0.1) is 6.58 Å². The molecule has 1 rings (SSSR count). The van der Waals surface area contributed by atoms with Crippen molar-refractivity contribution in [3.63, 3.8) is 0 Å². The molecule has 2 nitrogen and oxygen atoms in total. The Kier molecular flexibility index (Phi) is 2.47. The fraction of sp³-hybridized carbons (Fsp3) is 0.250. The van der Waals surface area contributed by atoms with Gasteiger partial charge in [0.25, 0.3) is 0 Å². The van der Waals surface area contributed by atoms with E-state index >= 15 is 0 Å². The van der Waals surface area contributed by atoms with Gasteiger partial charge in [0.05, 0.1) is 11.6 Å². The monoisotopic (exact) mass is 191 g/mol. The van der Waals surface area contributed by atoms with Crippen molar-refractivity contribution in [2.24, 2.45) is 5.73 Å². The molecular formula is C8H8F3NO. The summed E-state index contributed by atoms with van der Waals surface area (Å²) in [5, 5.41) is 0. The van der Waals surface area contributed by atoms with Crippen LogP contribution in [-0.4, -0.2) is 0 Å². The van der Waals surface area contributed by atoms with Gasteiger partial charge < -0.3 is 10.2 Å². The van der Waals surface area contributed by atoms with Crippen molar-refractivity contribution in [2.75, 3.05) is 0 Å². The number of halogens is 3. The second-order valence-corrected chi connectivity index (χ2v) is 2.50. The van der Waals surface area contributed by atoms with Crippen LogP contribution in [-0.2, 0) is 6.18 Å². The van der Waals surface area contributed by atoms with Crippen LogP contribution in [0.1, 0.15) is 17.4 Å². The van der Waals surface area contributed by atoms with E-state index < -0.39 is 17.8 Å². The fourth-order valence-electron chi connectivity index (χ4n) is 0.792. The van der Waals surface area contributed by atoms with E-state index in [0.29, 0.717) is 6.26 Å². The Morgan fingerprint density at radius 2 is 2.15 bits per heavy atom. The van der Waals surface area contributed by atoms with E-state index in [1.807, 2.05) is 0 Å². The molecule has 2 N–H and O–H groups in total. The first-order valence-electron chi connectivity index (χ1n) is 3.49. The molecule has 0 fully saturated rings. The van der Waals surface area contributed by atoms with Gasteiger partial charge in [-0.2, -0.15) is 13.2 Å². The normalized spacial score (nSPS) is 14.2. The van der Waals surface area contributed by atoms with Crippen LogP contribution in [0.25, 0.3) is 0 Å². The van der Waals surface area contributed by atoms with Gasteiger partial charge in [0.1, 0.15) is 12.0 Å². The van der Waals surface area contributed by atoms with E-state index in [1.165, 1.54) is 6.08 Å². The van der Waals surface area contributed by atoms with Crippen LogP contribution >= 0.6 is 0 Å². The zero-order chi connectivity index (χ0) is 10.1. The quantitative estimate of drug-likeness (QED) is 0.729. The summed E-state index contributed by atoms with van der Waals surface area (Å²) in [6.45, 7) is 3.34. The Morgan fingerprint density at radius 3 is 2.54 bits per heavy atom. The summed E-state index contributed by atoms with van der Waals surface area (Å²) in [4.78, 5) is 0. The number of nitrogens with two attached hydrogens (primary N) is 1. The van der Waals surface area contributed by atoms with Crippen molar-refractivity contribution in [2.45, 2.75) is 12.2 Å². The Balaban J connectivity index is 2.93. The summed E-state index contributed by atoms with van der Waals surface area (Å²) < 4.78 is 40.8. The van der Waals surface area contributed by atoms with Gasteiger partial charge in [0.15, 0.2) is 0 Å². The van der Waals surface area contributed by atoms with Crippen molar-refractivity contribution >= 4 is 0 Å². The van der Waals surface area contributed by atoms with Crippen LogP contribution in [0.3, 0.4) is 0 Å². The average Bonchev–Trinajstić information content (AvgIpc) is 2.50. The maximum Gasteiger partial charge on any atom is 0.419 e. The lowest BCUT2D eigenvalue weighted by Crippen LogP contribution is -2.06. The Morgan fingerprint density at radius 1 is 1.54 bits per heavy atom. The third kappa shape index (κ3) is 2.12. The van der Waals surface area contributed by atoms with Crippen LogP contribution in [0.15, 0.2) is 29.4 Å². The highest BCUT2D eigenvalue weighted by molar-refractivity contribution is 5.20. The molecule has 1 heterocycles. The zero-order valence-electron chi connectivity index (χ0n) is 6.64. The molecular weight excluding hydrogens is 183 g/mol. The highest BCUT2D eigenvalue weighted by Crippen LogP contribution is 2.31. The van der Waals surface area contributed by atoms with Crippen LogP contribution in [0, 0.1) is 0 Å². The van der Waals surface area contributed by atoms with Crippen LogP contribution in [0.5, 0.6) is 0 Å². The molecule has 0 radical (unpaired) electrons. The maximum absolute atomic E-state index is 12.0. The minimum absolute atomic E-state index is 0.0577. The topological polar surface area (TPSA) is 39.2 Å². The summed E-state index contributed by atoms with van der Waals surface area (Å²) in [5.41, 5.74) is 4.54. The summed E-state index contributed by atoms with van der Waals surface area (Å²) in [6, 6.07) is 0.169. The van der Waals surface area contributed by atoms with Gasteiger partial charge >= 0.3 is 6.18 Å². The molecule has 72 valence electrons. The number of furan rings is 1. The molecule has 1 unspecified atom stereocenters. The average molecular weight is 191 g/mol. The molecule has 1 aromatic rings. The number of hydrogen-bond acceptors (Lipinski definition) is 2. The van der Waals surface area contributed by atoms with E-state index in [-0.39, 0.29) is 5.76 Å². The molecule has 1 atom stereocenters. The predicted molar refractivity (Wildman–Crippen MR) is 40.8 cm³/mol. The highest BCUT2D eigenvalue weighted by atomic mass is 19.4.